The molecular weight excluding hydrogens is 312 g/mol. The lowest BCUT2D eigenvalue weighted by molar-refractivity contribution is 0.102. The van der Waals surface area contributed by atoms with Crippen LogP contribution in [-0.4, -0.2) is 12.5 Å². The van der Waals surface area contributed by atoms with Gasteiger partial charge in [0.25, 0.3) is 5.91 Å². The molecule has 0 aromatic heterocycles. The number of nitrogens with two attached hydrogens (primary N) is 1. The molecule has 0 atom stereocenters. The Morgan fingerprint density at radius 2 is 2.00 bits per heavy atom. The number of carbonyl (C=O) groups excluding carboxylic acids is 1. The highest BCUT2D eigenvalue weighted by molar-refractivity contribution is 6.33. The second-order valence-electron chi connectivity index (χ2n) is 5.24. The monoisotopic (exact) mass is 332 g/mol. The Kier molecular flexibility index (Phi) is 6.29. The molecular formula is C18H21ClN2O2. The van der Waals surface area contributed by atoms with Crippen molar-refractivity contribution in [1.82, 2.24) is 0 Å². The van der Waals surface area contributed by atoms with Gasteiger partial charge in [0.1, 0.15) is 5.75 Å². The normalized spacial score (nSPS) is 10.3. The highest BCUT2D eigenvalue weighted by Gasteiger charge is 2.12. The van der Waals surface area contributed by atoms with Crippen LogP contribution in [-0.2, 0) is 0 Å². The minimum Gasteiger partial charge on any atom is -0.493 e. The molecule has 0 bridgehead atoms. The molecule has 0 heterocycles. The fourth-order valence-corrected chi connectivity index (χ4v) is 2.25. The Bertz CT molecular complexity index is 674. The van der Waals surface area contributed by atoms with E-state index in [1.165, 1.54) is 0 Å². The van der Waals surface area contributed by atoms with Crippen molar-refractivity contribution in [3.8, 4) is 5.75 Å². The molecule has 1 amide bonds. The molecule has 0 unspecified atom stereocenters. The van der Waals surface area contributed by atoms with Crippen LogP contribution in [0, 0.1) is 0 Å². The number of hydrogen-bond acceptors (Lipinski definition) is 3. The van der Waals surface area contributed by atoms with Gasteiger partial charge in [-0.1, -0.05) is 43.5 Å². The first-order valence-electron chi connectivity index (χ1n) is 7.70. The smallest absolute Gasteiger partial charge is 0.259 e. The lowest BCUT2D eigenvalue weighted by atomic mass is 10.1. The van der Waals surface area contributed by atoms with Crippen LogP contribution in [0.25, 0.3) is 0 Å². The lowest BCUT2D eigenvalue weighted by Gasteiger charge is -2.12. The van der Waals surface area contributed by atoms with Gasteiger partial charge in [0, 0.05) is 5.69 Å². The van der Waals surface area contributed by atoms with E-state index in [9.17, 15) is 4.79 Å². The molecule has 0 radical (unpaired) electrons. The van der Waals surface area contributed by atoms with Gasteiger partial charge in [-0.3, -0.25) is 4.79 Å². The van der Waals surface area contributed by atoms with Gasteiger partial charge in [0.2, 0.25) is 0 Å². The Morgan fingerprint density at radius 1 is 1.22 bits per heavy atom. The van der Waals surface area contributed by atoms with E-state index in [1.54, 1.807) is 30.3 Å². The van der Waals surface area contributed by atoms with E-state index < -0.39 is 0 Å². The van der Waals surface area contributed by atoms with Gasteiger partial charge in [-0.2, -0.15) is 0 Å². The number of para-hydroxylation sites is 1. The summed E-state index contributed by atoms with van der Waals surface area (Å²) in [6.07, 6.45) is 3.21. The molecule has 4 nitrogen and oxygen atoms in total. The minimum atomic E-state index is -0.238. The maximum atomic E-state index is 12.5. The zero-order valence-corrected chi connectivity index (χ0v) is 13.9. The van der Waals surface area contributed by atoms with Crippen LogP contribution in [0.1, 0.15) is 36.5 Å². The highest BCUT2D eigenvalue weighted by Crippen LogP contribution is 2.24. The first-order valence-corrected chi connectivity index (χ1v) is 8.08. The first kappa shape index (κ1) is 17.2. The zero-order chi connectivity index (χ0) is 16.7. The van der Waals surface area contributed by atoms with Crippen molar-refractivity contribution < 1.29 is 9.53 Å². The number of unbranched alkanes of at least 4 members (excludes halogenated alkanes) is 2. The predicted molar refractivity (Wildman–Crippen MR) is 95.3 cm³/mol. The average molecular weight is 333 g/mol. The SMILES string of the molecule is CCCCCOc1ccccc1C(=O)Nc1ccc(Cl)c(N)c1. The molecule has 2 rings (SSSR count). The van der Waals surface area contributed by atoms with E-state index in [-0.39, 0.29) is 5.91 Å². The Morgan fingerprint density at radius 3 is 2.74 bits per heavy atom. The van der Waals surface area contributed by atoms with Crippen molar-refractivity contribution in [1.29, 1.82) is 0 Å². The second-order valence-corrected chi connectivity index (χ2v) is 5.65. The van der Waals surface area contributed by atoms with E-state index in [1.807, 2.05) is 12.1 Å². The van der Waals surface area contributed by atoms with Crippen LogP contribution >= 0.6 is 11.6 Å². The van der Waals surface area contributed by atoms with Gasteiger partial charge in [0.05, 0.1) is 22.9 Å². The maximum absolute atomic E-state index is 12.5. The van der Waals surface area contributed by atoms with E-state index in [4.69, 9.17) is 22.1 Å². The van der Waals surface area contributed by atoms with Crippen molar-refractivity contribution >= 4 is 28.9 Å². The number of ether oxygens (including phenoxy) is 1. The number of nitrogen functional groups attached to an aromatic ring is 1. The van der Waals surface area contributed by atoms with Gasteiger partial charge in [0.15, 0.2) is 0 Å². The van der Waals surface area contributed by atoms with Crippen molar-refractivity contribution in [2.75, 3.05) is 17.7 Å². The van der Waals surface area contributed by atoms with E-state index >= 15 is 0 Å². The Labute approximate surface area is 141 Å². The molecule has 0 fully saturated rings. The molecule has 0 saturated heterocycles. The van der Waals surface area contributed by atoms with Crippen molar-refractivity contribution in [2.24, 2.45) is 0 Å². The molecule has 3 N–H and O–H groups in total. The average Bonchev–Trinajstić information content (AvgIpc) is 2.55. The maximum Gasteiger partial charge on any atom is 0.259 e. The topological polar surface area (TPSA) is 64.3 Å². The Hall–Kier alpha value is -2.20. The fourth-order valence-electron chi connectivity index (χ4n) is 2.13. The number of halogens is 1. The summed E-state index contributed by atoms with van der Waals surface area (Å²) in [5.41, 5.74) is 7.27. The predicted octanol–water partition coefficient (Wildman–Crippen LogP) is 4.74. The van der Waals surface area contributed by atoms with Gasteiger partial charge in [-0.25, -0.2) is 0 Å². The number of benzene rings is 2. The van der Waals surface area contributed by atoms with E-state index in [0.29, 0.717) is 34.3 Å². The molecule has 0 aliphatic rings. The third-order valence-electron chi connectivity index (χ3n) is 3.39. The summed E-state index contributed by atoms with van der Waals surface area (Å²) in [5, 5.41) is 3.27. The number of anilines is 2. The van der Waals surface area contributed by atoms with Gasteiger partial charge >= 0.3 is 0 Å². The van der Waals surface area contributed by atoms with Crippen molar-refractivity contribution in [3.05, 3.63) is 53.1 Å². The summed E-state index contributed by atoms with van der Waals surface area (Å²) >= 11 is 5.88. The van der Waals surface area contributed by atoms with Crippen LogP contribution < -0.4 is 15.8 Å². The molecule has 122 valence electrons. The standard InChI is InChI=1S/C18H21ClN2O2/c1-2-3-6-11-23-17-8-5-4-7-14(17)18(22)21-13-9-10-15(19)16(20)12-13/h4-5,7-10,12H,2-3,6,11,20H2,1H3,(H,21,22). The molecule has 0 aliphatic heterocycles. The van der Waals surface area contributed by atoms with Gasteiger partial charge in [-0.15, -0.1) is 0 Å². The number of nitrogens with one attached hydrogen (secondary N) is 1. The van der Waals surface area contributed by atoms with Crippen LogP contribution in [0.2, 0.25) is 5.02 Å². The van der Waals surface area contributed by atoms with Crippen molar-refractivity contribution in [3.63, 3.8) is 0 Å². The molecule has 0 spiro atoms. The van der Waals surface area contributed by atoms with Crippen LogP contribution in [0.3, 0.4) is 0 Å². The largest absolute Gasteiger partial charge is 0.493 e. The minimum absolute atomic E-state index is 0.238. The van der Waals surface area contributed by atoms with Gasteiger partial charge < -0.3 is 15.8 Å². The summed E-state index contributed by atoms with van der Waals surface area (Å²) < 4.78 is 5.73. The third-order valence-corrected chi connectivity index (χ3v) is 3.74. The highest BCUT2D eigenvalue weighted by atomic mass is 35.5. The van der Waals surface area contributed by atoms with Crippen molar-refractivity contribution in [2.45, 2.75) is 26.2 Å². The number of rotatable bonds is 7. The summed E-state index contributed by atoms with van der Waals surface area (Å²) in [4.78, 5) is 12.5. The second kappa shape index (κ2) is 8.44. The number of amides is 1. The molecule has 0 saturated carbocycles. The summed E-state index contributed by atoms with van der Waals surface area (Å²) in [6.45, 7) is 2.74. The molecule has 5 heteroatoms. The molecule has 2 aromatic carbocycles. The van der Waals surface area contributed by atoms with Crippen LogP contribution in [0.4, 0.5) is 11.4 Å². The summed E-state index contributed by atoms with van der Waals surface area (Å²) in [6, 6.07) is 12.2. The van der Waals surface area contributed by atoms with Crippen LogP contribution in [0.15, 0.2) is 42.5 Å². The van der Waals surface area contributed by atoms with Crippen LogP contribution in [0.5, 0.6) is 5.75 Å². The Balaban J connectivity index is 2.07. The van der Waals surface area contributed by atoms with E-state index in [0.717, 1.165) is 19.3 Å². The lowest BCUT2D eigenvalue weighted by Crippen LogP contribution is -2.14. The quantitative estimate of drug-likeness (QED) is 0.568. The number of hydrogen-bond donors (Lipinski definition) is 2. The number of carbonyl (C=O) groups is 1. The summed E-state index contributed by atoms with van der Waals surface area (Å²) in [7, 11) is 0. The zero-order valence-electron chi connectivity index (χ0n) is 13.1. The molecule has 23 heavy (non-hydrogen) atoms. The van der Waals surface area contributed by atoms with Gasteiger partial charge in [-0.05, 0) is 36.8 Å². The third kappa shape index (κ3) is 4.89. The summed E-state index contributed by atoms with van der Waals surface area (Å²) in [5.74, 6) is 0.348. The first-order chi connectivity index (χ1) is 11.1. The van der Waals surface area contributed by atoms with E-state index in [2.05, 4.69) is 12.2 Å². The molecule has 0 aliphatic carbocycles. The molecule has 2 aromatic rings. The fraction of sp³-hybridized carbons (Fsp3) is 0.278.